The Morgan fingerprint density at radius 1 is 1.00 bits per heavy atom. The number of rotatable bonds is 6. The van der Waals surface area contributed by atoms with Crippen LogP contribution in [0.3, 0.4) is 0 Å². The van der Waals surface area contributed by atoms with Crippen LogP contribution < -0.4 is 20.3 Å². The summed E-state index contributed by atoms with van der Waals surface area (Å²) in [5.41, 5.74) is 4.23. The van der Waals surface area contributed by atoms with E-state index in [4.69, 9.17) is 21.9 Å². The summed E-state index contributed by atoms with van der Waals surface area (Å²) in [5, 5.41) is 7.23. The first-order valence-corrected chi connectivity index (χ1v) is 12.9. The Kier molecular flexibility index (Phi) is 7.13. The molecule has 7 heteroatoms. The number of thiocarbonyl (C=S) groups is 1. The van der Waals surface area contributed by atoms with E-state index in [-0.39, 0.29) is 5.41 Å². The molecule has 1 saturated carbocycles. The van der Waals surface area contributed by atoms with Crippen molar-refractivity contribution in [2.45, 2.75) is 50.5 Å². The number of methoxy groups -OCH3 is 1. The molecule has 1 aliphatic heterocycles. The molecule has 2 heterocycles. The first kappa shape index (κ1) is 23.5. The minimum absolute atomic E-state index is 0.104. The lowest BCUT2D eigenvalue weighted by Gasteiger charge is -2.38. The maximum Gasteiger partial charge on any atom is 0.234 e. The Labute approximate surface area is 213 Å². The van der Waals surface area contributed by atoms with E-state index in [0.717, 1.165) is 31.9 Å². The molecule has 0 spiro atoms. The summed E-state index contributed by atoms with van der Waals surface area (Å²) in [6.45, 7) is 2.51. The second kappa shape index (κ2) is 10.6. The summed E-state index contributed by atoms with van der Waals surface area (Å²) in [5.74, 6) is 1.81. The lowest BCUT2D eigenvalue weighted by atomic mass is 9.69. The molecule has 0 saturated heterocycles. The fraction of sp³-hybridized carbons (Fsp3) is 0.393. The van der Waals surface area contributed by atoms with Crippen LogP contribution in [-0.2, 0) is 18.4 Å². The van der Waals surface area contributed by atoms with Gasteiger partial charge in [0.15, 0.2) is 5.11 Å². The van der Waals surface area contributed by atoms with Gasteiger partial charge in [0.1, 0.15) is 5.82 Å². The average molecular weight is 488 g/mol. The molecule has 2 aromatic carbocycles. The van der Waals surface area contributed by atoms with E-state index in [1.165, 1.54) is 48.8 Å². The topological polar surface area (TPSA) is 62.3 Å². The van der Waals surface area contributed by atoms with Crippen LogP contribution in [0.1, 0.15) is 48.8 Å². The normalized spacial score (nSPS) is 16.8. The molecule has 2 aliphatic rings. The summed E-state index contributed by atoms with van der Waals surface area (Å²) < 4.78 is 5.48. The molecule has 0 unspecified atom stereocenters. The number of ether oxygens (including phenoxy) is 1. The standard InChI is InChI=1S/C28H33N5OS/c1-34-25-18-24(33-17-14-21-10-6-7-11-22(21)19-33)30-26(31-25)32-27(35)29-20-28(15-8-3-9-16-28)23-12-4-2-5-13-23/h2,4-7,10-13,18H,3,8-9,14-17,19-20H2,1H3,(H2,29,30,31,32,35). The van der Waals surface area contributed by atoms with Crippen molar-refractivity contribution in [1.29, 1.82) is 0 Å². The van der Waals surface area contributed by atoms with Crippen molar-refractivity contribution >= 4 is 29.1 Å². The van der Waals surface area contributed by atoms with Gasteiger partial charge in [-0.2, -0.15) is 9.97 Å². The number of anilines is 2. The van der Waals surface area contributed by atoms with Crippen molar-refractivity contribution in [3.63, 3.8) is 0 Å². The number of hydrogen-bond donors (Lipinski definition) is 2. The highest BCUT2D eigenvalue weighted by Gasteiger charge is 2.33. The molecule has 1 fully saturated rings. The highest BCUT2D eigenvalue weighted by Crippen LogP contribution is 2.39. The van der Waals surface area contributed by atoms with Crippen LogP contribution in [0.25, 0.3) is 0 Å². The molecule has 5 rings (SSSR count). The van der Waals surface area contributed by atoms with Crippen LogP contribution in [-0.4, -0.2) is 35.3 Å². The molecule has 182 valence electrons. The minimum Gasteiger partial charge on any atom is -0.481 e. The Balaban J connectivity index is 1.28. The van der Waals surface area contributed by atoms with Crippen LogP contribution in [0.4, 0.5) is 11.8 Å². The molecule has 0 atom stereocenters. The van der Waals surface area contributed by atoms with E-state index in [1.807, 2.05) is 6.07 Å². The molecule has 1 aliphatic carbocycles. The van der Waals surface area contributed by atoms with Gasteiger partial charge >= 0.3 is 0 Å². The first-order valence-electron chi connectivity index (χ1n) is 12.5. The first-order chi connectivity index (χ1) is 17.1. The maximum atomic E-state index is 5.68. The van der Waals surface area contributed by atoms with Gasteiger partial charge in [0, 0.05) is 31.1 Å². The molecular formula is C28H33N5OS. The SMILES string of the molecule is COc1cc(N2CCc3ccccc3C2)nc(NC(=S)NCC2(c3ccccc3)CCCCC2)n1. The summed E-state index contributed by atoms with van der Waals surface area (Å²) in [4.78, 5) is 11.6. The van der Waals surface area contributed by atoms with Gasteiger partial charge in [-0.25, -0.2) is 0 Å². The highest BCUT2D eigenvalue weighted by molar-refractivity contribution is 7.80. The molecule has 2 N–H and O–H groups in total. The van der Waals surface area contributed by atoms with Crippen LogP contribution in [0.15, 0.2) is 60.7 Å². The Morgan fingerprint density at radius 2 is 1.74 bits per heavy atom. The molecular weight excluding hydrogens is 454 g/mol. The molecule has 0 bridgehead atoms. The monoisotopic (exact) mass is 487 g/mol. The fourth-order valence-electron chi connectivity index (χ4n) is 5.41. The maximum absolute atomic E-state index is 5.68. The lowest BCUT2D eigenvalue weighted by molar-refractivity contribution is 0.292. The van der Waals surface area contributed by atoms with Crippen molar-refractivity contribution in [3.05, 3.63) is 77.4 Å². The van der Waals surface area contributed by atoms with Gasteiger partial charge in [-0.1, -0.05) is 73.9 Å². The van der Waals surface area contributed by atoms with Gasteiger partial charge in [-0.05, 0) is 48.2 Å². The van der Waals surface area contributed by atoms with E-state index in [9.17, 15) is 0 Å². The van der Waals surface area contributed by atoms with Crippen molar-refractivity contribution in [2.24, 2.45) is 0 Å². The highest BCUT2D eigenvalue weighted by atomic mass is 32.1. The van der Waals surface area contributed by atoms with E-state index in [2.05, 4.69) is 75.1 Å². The number of fused-ring (bicyclic) bond motifs is 1. The summed E-state index contributed by atoms with van der Waals surface area (Å²) in [6, 6.07) is 21.3. The van der Waals surface area contributed by atoms with Gasteiger partial charge < -0.3 is 20.3 Å². The molecule has 35 heavy (non-hydrogen) atoms. The largest absolute Gasteiger partial charge is 0.481 e. The van der Waals surface area contributed by atoms with Gasteiger partial charge in [0.25, 0.3) is 0 Å². The summed E-state index contributed by atoms with van der Waals surface area (Å²) >= 11 is 5.68. The number of nitrogens with zero attached hydrogens (tertiary/aromatic N) is 3. The van der Waals surface area contributed by atoms with Crippen LogP contribution >= 0.6 is 12.2 Å². The second-order valence-corrected chi connectivity index (χ2v) is 9.96. The third kappa shape index (κ3) is 5.40. The molecule has 3 aromatic rings. The van der Waals surface area contributed by atoms with Gasteiger partial charge in [0.05, 0.1) is 7.11 Å². The lowest BCUT2D eigenvalue weighted by Crippen LogP contribution is -2.43. The van der Waals surface area contributed by atoms with E-state index < -0.39 is 0 Å². The van der Waals surface area contributed by atoms with Crippen LogP contribution in [0.5, 0.6) is 5.88 Å². The van der Waals surface area contributed by atoms with Gasteiger partial charge in [0.2, 0.25) is 11.8 Å². The van der Waals surface area contributed by atoms with E-state index >= 15 is 0 Å². The van der Waals surface area contributed by atoms with Crippen molar-refractivity contribution in [3.8, 4) is 5.88 Å². The van der Waals surface area contributed by atoms with E-state index in [1.54, 1.807) is 7.11 Å². The van der Waals surface area contributed by atoms with Gasteiger partial charge in [-0.3, -0.25) is 0 Å². The average Bonchev–Trinajstić information content (AvgIpc) is 2.92. The van der Waals surface area contributed by atoms with Crippen LogP contribution in [0, 0.1) is 0 Å². The number of nitrogens with one attached hydrogen (secondary N) is 2. The Bertz CT molecular complexity index is 1160. The smallest absolute Gasteiger partial charge is 0.234 e. The zero-order valence-electron chi connectivity index (χ0n) is 20.3. The summed E-state index contributed by atoms with van der Waals surface area (Å²) in [7, 11) is 1.63. The predicted octanol–water partition coefficient (Wildman–Crippen LogP) is 5.24. The second-order valence-electron chi connectivity index (χ2n) is 9.55. The quantitative estimate of drug-likeness (QED) is 0.461. The van der Waals surface area contributed by atoms with Crippen molar-refractivity contribution < 1.29 is 4.74 Å². The molecule has 0 radical (unpaired) electrons. The fourth-order valence-corrected chi connectivity index (χ4v) is 5.57. The number of aromatic nitrogens is 2. The third-order valence-corrected chi connectivity index (χ3v) is 7.61. The Hall–Kier alpha value is -3.19. The van der Waals surface area contributed by atoms with Crippen molar-refractivity contribution in [1.82, 2.24) is 15.3 Å². The molecule has 6 nitrogen and oxygen atoms in total. The third-order valence-electron chi connectivity index (χ3n) is 7.36. The zero-order valence-corrected chi connectivity index (χ0v) is 21.1. The van der Waals surface area contributed by atoms with Gasteiger partial charge in [-0.15, -0.1) is 0 Å². The Morgan fingerprint density at radius 3 is 2.51 bits per heavy atom. The van der Waals surface area contributed by atoms with Crippen LogP contribution in [0.2, 0.25) is 0 Å². The van der Waals surface area contributed by atoms with Crippen molar-refractivity contribution in [2.75, 3.05) is 30.4 Å². The number of hydrogen-bond acceptors (Lipinski definition) is 5. The molecule has 1 aromatic heterocycles. The number of benzene rings is 2. The molecule has 0 amide bonds. The zero-order chi connectivity index (χ0) is 24.1. The predicted molar refractivity (Wildman–Crippen MR) is 145 cm³/mol. The van der Waals surface area contributed by atoms with E-state index in [0.29, 0.717) is 16.9 Å². The summed E-state index contributed by atoms with van der Waals surface area (Å²) in [6.07, 6.45) is 7.13. The minimum atomic E-state index is 0.104.